The van der Waals surface area contributed by atoms with Gasteiger partial charge in [0.2, 0.25) is 5.91 Å². The smallest absolute Gasteiger partial charge is 0.335 e. The van der Waals surface area contributed by atoms with Crippen molar-refractivity contribution in [1.82, 2.24) is 0 Å². The van der Waals surface area contributed by atoms with Crippen LogP contribution in [0, 0.1) is 36.5 Å². The van der Waals surface area contributed by atoms with E-state index in [-0.39, 0.29) is 17.4 Å². The Morgan fingerprint density at radius 3 is 2.43 bits per heavy atom. The van der Waals surface area contributed by atoms with Crippen LogP contribution < -0.4 is 5.32 Å². The Labute approximate surface area is 123 Å². The van der Waals surface area contributed by atoms with E-state index < -0.39 is 5.97 Å². The maximum atomic E-state index is 12.5. The molecule has 1 amide bonds. The molecular weight excluding hydrogens is 266 g/mol. The van der Waals surface area contributed by atoms with E-state index in [1.165, 1.54) is 19.3 Å². The largest absolute Gasteiger partial charge is 0.478 e. The van der Waals surface area contributed by atoms with E-state index >= 15 is 0 Å². The second-order valence-corrected chi connectivity index (χ2v) is 6.84. The van der Waals surface area contributed by atoms with Crippen molar-refractivity contribution in [3.63, 3.8) is 0 Å². The van der Waals surface area contributed by atoms with Crippen molar-refractivity contribution >= 4 is 17.6 Å². The Morgan fingerprint density at radius 1 is 1.19 bits per heavy atom. The van der Waals surface area contributed by atoms with E-state index in [2.05, 4.69) is 5.32 Å². The van der Waals surface area contributed by atoms with Gasteiger partial charge in [0.1, 0.15) is 0 Å². The van der Waals surface area contributed by atoms with Gasteiger partial charge in [-0.15, -0.1) is 0 Å². The zero-order chi connectivity index (χ0) is 14.7. The van der Waals surface area contributed by atoms with Crippen LogP contribution in [0.4, 0.5) is 5.69 Å². The second-order valence-electron chi connectivity index (χ2n) is 6.84. The number of carbonyl (C=O) groups excluding carboxylic acids is 1. The van der Waals surface area contributed by atoms with E-state index in [1.807, 2.05) is 6.92 Å². The molecule has 1 aromatic carbocycles. The lowest BCUT2D eigenvalue weighted by atomic mass is 10.0. The van der Waals surface area contributed by atoms with Gasteiger partial charge in [-0.1, -0.05) is 0 Å². The fraction of sp³-hybridized carbons (Fsp3) is 0.529. The molecule has 4 nitrogen and oxygen atoms in total. The summed E-state index contributed by atoms with van der Waals surface area (Å²) in [6.07, 6.45) is 3.95. The third-order valence-electron chi connectivity index (χ3n) is 5.77. The summed E-state index contributed by atoms with van der Waals surface area (Å²) < 4.78 is 0. The highest BCUT2D eigenvalue weighted by Crippen LogP contribution is 2.69. The van der Waals surface area contributed by atoms with Gasteiger partial charge in [0.25, 0.3) is 0 Å². The molecule has 3 fully saturated rings. The molecule has 0 spiro atoms. The van der Waals surface area contributed by atoms with Gasteiger partial charge in [-0.3, -0.25) is 4.79 Å². The van der Waals surface area contributed by atoms with Gasteiger partial charge in [-0.05, 0) is 73.6 Å². The molecule has 4 rings (SSSR count). The summed E-state index contributed by atoms with van der Waals surface area (Å²) in [6.45, 7) is 1.83. The van der Waals surface area contributed by atoms with Crippen molar-refractivity contribution in [2.75, 3.05) is 5.32 Å². The summed E-state index contributed by atoms with van der Waals surface area (Å²) >= 11 is 0. The number of carbonyl (C=O) groups is 2. The quantitative estimate of drug-likeness (QED) is 0.897. The standard InChI is InChI=1S/C17H19NO3/c1-8-6-11(17(20)21)4-5-12(8)18-16(19)15-13-9-2-3-10(7-9)14(13)15/h4-6,9-10,13-15H,2-3,7H2,1H3,(H,18,19)(H,20,21). The van der Waals surface area contributed by atoms with Crippen LogP contribution in [0.1, 0.15) is 35.2 Å². The molecule has 21 heavy (non-hydrogen) atoms. The molecule has 0 radical (unpaired) electrons. The van der Waals surface area contributed by atoms with Crippen LogP contribution >= 0.6 is 0 Å². The van der Waals surface area contributed by atoms with E-state index in [1.54, 1.807) is 18.2 Å². The van der Waals surface area contributed by atoms with Crippen molar-refractivity contribution in [2.45, 2.75) is 26.2 Å². The lowest BCUT2D eigenvalue weighted by Crippen LogP contribution is -2.19. The first-order chi connectivity index (χ1) is 10.1. The summed E-state index contributed by atoms with van der Waals surface area (Å²) in [5.41, 5.74) is 1.80. The Balaban J connectivity index is 1.47. The molecule has 0 saturated heterocycles. The fourth-order valence-electron chi connectivity index (χ4n) is 4.83. The maximum absolute atomic E-state index is 12.5. The van der Waals surface area contributed by atoms with E-state index in [0.29, 0.717) is 11.8 Å². The number of rotatable bonds is 3. The predicted octanol–water partition coefficient (Wildman–Crippen LogP) is 2.92. The molecule has 0 heterocycles. The van der Waals surface area contributed by atoms with Gasteiger partial charge in [0.15, 0.2) is 0 Å². The zero-order valence-electron chi connectivity index (χ0n) is 12.0. The average molecular weight is 285 g/mol. The Morgan fingerprint density at radius 2 is 1.86 bits per heavy atom. The highest BCUT2D eigenvalue weighted by atomic mass is 16.4. The molecule has 0 aromatic heterocycles. The summed E-state index contributed by atoms with van der Waals surface area (Å²) in [5, 5.41) is 12.0. The summed E-state index contributed by atoms with van der Waals surface area (Å²) in [5.74, 6) is 2.22. The minimum absolute atomic E-state index is 0.132. The minimum atomic E-state index is -0.940. The number of hydrogen-bond acceptors (Lipinski definition) is 2. The Bertz CT molecular complexity index is 623. The van der Waals surface area contributed by atoms with Crippen LogP contribution in [-0.2, 0) is 4.79 Å². The maximum Gasteiger partial charge on any atom is 0.335 e. The molecule has 4 heteroatoms. The third kappa shape index (κ3) is 1.88. The van der Waals surface area contributed by atoms with Crippen LogP contribution in [0.25, 0.3) is 0 Å². The molecule has 2 N–H and O–H groups in total. The molecule has 4 atom stereocenters. The Hall–Kier alpha value is -1.84. The predicted molar refractivity (Wildman–Crippen MR) is 78.1 cm³/mol. The molecule has 3 saturated carbocycles. The van der Waals surface area contributed by atoms with Crippen molar-refractivity contribution in [2.24, 2.45) is 29.6 Å². The summed E-state index contributed by atoms with van der Waals surface area (Å²) in [7, 11) is 0. The normalized spacial score (nSPS) is 35.4. The SMILES string of the molecule is Cc1cc(C(=O)O)ccc1NC(=O)C1C2C3CCC(C3)C12. The van der Waals surface area contributed by atoms with Crippen molar-refractivity contribution in [3.8, 4) is 0 Å². The minimum Gasteiger partial charge on any atom is -0.478 e. The van der Waals surface area contributed by atoms with E-state index in [4.69, 9.17) is 5.11 Å². The number of fused-ring (bicyclic) bond motifs is 5. The first-order valence-corrected chi connectivity index (χ1v) is 7.71. The molecule has 1 aromatic rings. The molecule has 0 aliphatic heterocycles. The molecule has 2 bridgehead atoms. The van der Waals surface area contributed by atoms with Crippen molar-refractivity contribution < 1.29 is 14.7 Å². The van der Waals surface area contributed by atoms with Crippen LogP contribution in [0.3, 0.4) is 0 Å². The van der Waals surface area contributed by atoms with E-state index in [0.717, 1.165) is 23.1 Å². The van der Waals surface area contributed by atoms with E-state index in [9.17, 15) is 9.59 Å². The number of carboxylic acid groups (broad SMARTS) is 1. The first kappa shape index (κ1) is 12.9. The number of anilines is 1. The lowest BCUT2D eigenvalue weighted by Gasteiger charge is -2.12. The van der Waals surface area contributed by atoms with Crippen molar-refractivity contribution in [3.05, 3.63) is 29.3 Å². The first-order valence-electron chi connectivity index (χ1n) is 7.71. The van der Waals surface area contributed by atoms with Crippen LogP contribution in [0.5, 0.6) is 0 Å². The average Bonchev–Trinajstić information content (AvgIpc) is 2.89. The lowest BCUT2D eigenvalue weighted by molar-refractivity contribution is -0.118. The third-order valence-corrected chi connectivity index (χ3v) is 5.77. The molecule has 3 aliphatic rings. The number of carboxylic acids is 1. The molecular formula is C17H19NO3. The molecule has 4 unspecified atom stereocenters. The topological polar surface area (TPSA) is 66.4 Å². The fourth-order valence-corrected chi connectivity index (χ4v) is 4.83. The summed E-state index contributed by atoms with van der Waals surface area (Å²) in [4.78, 5) is 23.4. The number of aryl methyl sites for hydroxylation is 1. The second kappa shape index (κ2) is 4.33. The Kier molecular flexibility index (Phi) is 2.65. The number of nitrogens with one attached hydrogen (secondary N) is 1. The number of hydrogen-bond donors (Lipinski definition) is 2. The van der Waals surface area contributed by atoms with Gasteiger partial charge in [-0.25, -0.2) is 4.79 Å². The van der Waals surface area contributed by atoms with Gasteiger partial charge in [0, 0.05) is 11.6 Å². The van der Waals surface area contributed by atoms with Gasteiger partial charge in [0.05, 0.1) is 5.56 Å². The monoisotopic (exact) mass is 285 g/mol. The van der Waals surface area contributed by atoms with Crippen LogP contribution in [-0.4, -0.2) is 17.0 Å². The number of benzene rings is 1. The zero-order valence-corrected chi connectivity index (χ0v) is 12.0. The molecule has 3 aliphatic carbocycles. The highest BCUT2D eigenvalue weighted by molar-refractivity contribution is 5.96. The van der Waals surface area contributed by atoms with Gasteiger partial charge < -0.3 is 10.4 Å². The molecule has 110 valence electrons. The number of amides is 1. The summed E-state index contributed by atoms with van der Waals surface area (Å²) in [6, 6.07) is 4.85. The number of aromatic carboxylic acids is 1. The van der Waals surface area contributed by atoms with Gasteiger partial charge >= 0.3 is 5.97 Å². The van der Waals surface area contributed by atoms with Crippen LogP contribution in [0.15, 0.2) is 18.2 Å². The van der Waals surface area contributed by atoms with Crippen molar-refractivity contribution in [1.29, 1.82) is 0 Å². The van der Waals surface area contributed by atoms with Crippen LogP contribution in [0.2, 0.25) is 0 Å². The van der Waals surface area contributed by atoms with Gasteiger partial charge in [-0.2, -0.15) is 0 Å². The highest BCUT2D eigenvalue weighted by Gasteiger charge is 2.67.